The summed E-state index contributed by atoms with van der Waals surface area (Å²) < 4.78 is 6.04. The molecule has 0 saturated carbocycles. The second-order valence-electron chi connectivity index (χ2n) is 16.4. The predicted octanol–water partition coefficient (Wildman–Crippen LogP) is 15.6. The Labute approximate surface area is 358 Å². The average Bonchev–Trinajstić information content (AvgIpc) is 3.21. The molecule has 0 saturated heterocycles. The first kappa shape index (κ1) is 55.1. The lowest BCUT2D eigenvalue weighted by molar-refractivity contribution is -0.150. The van der Waals surface area contributed by atoms with Gasteiger partial charge < -0.3 is 15.2 Å². The minimum absolute atomic E-state index is 0.00719. The number of esters is 1. The lowest BCUT2D eigenvalue weighted by Gasteiger charge is -2.18. The van der Waals surface area contributed by atoms with Crippen molar-refractivity contribution in [2.45, 2.75) is 245 Å². The fourth-order valence-electron chi connectivity index (χ4n) is 7.02. The summed E-state index contributed by atoms with van der Waals surface area (Å²) in [6.45, 7) is 4.21. The van der Waals surface area contributed by atoms with E-state index in [0.717, 1.165) is 103 Å². The molecule has 0 aromatic rings. The number of carbonyl (C=O) groups excluding carboxylic acids is 2. The Bertz CT molecular complexity index is 1070. The van der Waals surface area contributed by atoms with Crippen molar-refractivity contribution in [3.05, 3.63) is 60.8 Å². The van der Waals surface area contributed by atoms with Crippen molar-refractivity contribution in [3.63, 3.8) is 0 Å². The molecule has 1 amide bonds. The molecule has 6 nitrogen and oxygen atoms in total. The van der Waals surface area contributed by atoms with Gasteiger partial charge in [-0.25, -0.2) is 0 Å². The highest BCUT2D eigenvalue weighted by molar-refractivity contribution is 5.80. The normalized spacial score (nSPS) is 12.6. The Balaban J connectivity index is 4.21. The molecule has 0 aromatic heterocycles. The largest absolute Gasteiger partial charge is 0.480 e. The third-order valence-electron chi connectivity index (χ3n) is 10.7. The van der Waals surface area contributed by atoms with E-state index in [9.17, 15) is 14.4 Å². The summed E-state index contributed by atoms with van der Waals surface area (Å²) in [7, 11) is 0. The Morgan fingerprint density at radius 1 is 0.448 bits per heavy atom. The number of allylic oxidation sites excluding steroid dienone is 10. The highest BCUT2D eigenvalue weighted by atomic mass is 16.5. The molecule has 0 rings (SSSR count). The van der Waals surface area contributed by atoms with E-state index in [4.69, 9.17) is 9.84 Å². The van der Waals surface area contributed by atoms with E-state index in [2.05, 4.69) is 79.9 Å². The summed E-state index contributed by atoms with van der Waals surface area (Å²) in [5, 5.41) is 11.1. The molecule has 58 heavy (non-hydrogen) atoms. The first-order valence-corrected chi connectivity index (χ1v) is 24.4. The van der Waals surface area contributed by atoms with Gasteiger partial charge in [-0.15, -0.1) is 0 Å². The van der Waals surface area contributed by atoms with Crippen molar-refractivity contribution in [2.24, 2.45) is 0 Å². The van der Waals surface area contributed by atoms with Crippen molar-refractivity contribution in [3.8, 4) is 0 Å². The fourth-order valence-corrected chi connectivity index (χ4v) is 7.02. The van der Waals surface area contributed by atoms with E-state index in [-0.39, 0.29) is 24.5 Å². The summed E-state index contributed by atoms with van der Waals surface area (Å²) in [4.78, 5) is 35.2. The zero-order valence-corrected chi connectivity index (χ0v) is 37.9. The standard InChI is InChI=1S/C52H91NO5/c1-3-5-7-9-11-13-15-17-19-20-21-22-23-24-26-28-30-32-34-39-43-47-52(57)58-49(45-41-37-35-38-42-46-50(54)53-48-51(55)56)44-40-36-33-31-29-27-25-18-16-14-12-10-8-6-4-2/h15-18,20-21,23-24,27,29,49H,3-14,19,22,25-26,28,30-48H2,1-2H3,(H,53,54)(H,55,56)/b17-15-,18-16-,21-20-,24-23-,29-27-. The van der Waals surface area contributed by atoms with Crippen LogP contribution in [0.4, 0.5) is 0 Å². The van der Waals surface area contributed by atoms with E-state index in [1.54, 1.807) is 0 Å². The van der Waals surface area contributed by atoms with E-state index < -0.39 is 5.97 Å². The molecule has 0 fully saturated rings. The third kappa shape index (κ3) is 45.8. The van der Waals surface area contributed by atoms with Gasteiger partial charge in [0.1, 0.15) is 12.6 Å². The van der Waals surface area contributed by atoms with Gasteiger partial charge >= 0.3 is 11.9 Å². The maximum atomic E-state index is 12.8. The van der Waals surface area contributed by atoms with Crippen molar-refractivity contribution in [1.29, 1.82) is 0 Å². The molecule has 2 N–H and O–H groups in total. The van der Waals surface area contributed by atoms with Crippen molar-refractivity contribution < 1.29 is 24.2 Å². The molecule has 0 aliphatic carbocycles. The molecular weight excluding hydrogens is 719 g/mol. The topological polar surface area (TPSA) is 92.7 Å². The van der Waals surface area contributed by atoms with Crippen LogP contribution in [0.25, 0.3) is 0 Å². The first-order valence-electron chi connectivity index (χ1n) is 24.4. The number of hydrogen-bond acceptors (Lipinski definition) is 4. The smallest absolute Gasteiger partial charge is 0.322 e. The number of carboxylic acid groups (broad SMARTS) is 1. The minimum Gasteiger partial charge on any atom is -0.480 e. The molecule has 0 spiro atoms. The summed E-state index contributed by atoms with van der Waals surface area (Å²) in [6.07, 6.45) is 62.1. The van der Waals surface area contributed by atoms with Gasteiger partial charge in [-0.05, 0) is 109 Å². The number of amides is 1. The number of unbranched alkanes of at least 4 members (excludes halogenated alkanes) is 23. The fraction of sp³-hybridized carbons (Fsp3) is 0.750. The number of nitrogens with one attached hydrogen (secondary N) is 1. The number of rotatable bonds is 44. The van der Waals surface area contributed by atoms with Gasteiger partial charge in [0, 0.05) is 12.8 Å². The summed E-state index contributed by atoms with van der Waals surface area (Å²) in [5.74, 6) is -1.26. The van der Waals surface area contributed by atoms with Gasteiger partial charge in [-0.1, -0.05) is 177 Å². The highest BCUT2D eigenvalue weighted by Gasteiger charge is 2.14. The van der Waals surface area contributed by atoms with Crippen LogP contribution >= 0.6 is 0 Å². The molecule has 1 atom stereocenters. The first-order chi connectivity index (χ1) is 28.5. The second-order valence-corrected chi connectivity index (χ2v) is 16.4. The zero-order chi connectivity index (χ0) is 42.3. The molecule has 334 valence electrons. The van der Waals surface area contributed by atoms with Crippen molar-refractivity contribution in [1.82, 2.24) is 5.32 Å². The highest BCUT2D eigenvalue weighted by Crippen LogP contribution is 2.18. The van der Waals surface area contributed by atoms with E-state index in [1.165, 1.54) is 109 Å². The summed E-state index contributed by atoms with van der Waals surface area (Å²) >= 11 is 0. The maximum absolute atomic E-state index is 12.8. The summed E-state index contributed by atoms with van der Waals surface area (Å²) in [6, 6.07) is 0. The second kappa shape index (κ2) is 46.8. The van der Waals surface area contributed by atoms with E-state index >= 15 is 0 Å². The van der Waals surface area contributed by atoms with Crippen LogP contribution in [0.15, 0.2) is 60.8 Å². The van der Waals surface area contributed by atoms with Gasteiger partial charge in [0.05, 0.1) is 0 Å². The molecule has 1 unspecified atom stereocenters. The SMILES string of the molecule is CCCCCCC/C=C\C/C=C\C/C=C\CCCCCCCCC(=O)OC(CCCCC/C=C\C/C=C\CCCCCCC)CCCCCCCC(=O)NCC(=O)O. The molecule has 6 heteroatoms. The van der Waals surface area contributed by atoms with Crippen LogP contribution in [-0.4, -0.2) is 35.6 Å². The van der Waals surface area contributed by atoms with E-state index in [1.807, 2.05) is 0 Å². The van der Waals surface area contributed by atoms with Crippen LogP contribution in [0, 0.1) is 0 Å². The Kier molecular flexibility index (Phi) is 44.5. The molecule has 0 aliphatic heterocycles. The zero-order valence-electron chi connectivity index (χ0n) is 37.9. The monoisotopic (exact) mass is 810 g/mol. The number of carbonyl (C=O) groups is 3. The van der Waals surface area contributed by atoms with Gasteiger partial charge in [-0.2, -0.15) is 0 Å². The van der Waals surface area contributed by atoms with Crippen molar-refractivity contribution >= 4 is 17.8 Å². The third-order valence-corrected chi connectivity index (χ3v) is 10.7. The molecule has 0 aromatic carbocycles. The van der Waals surface area contributed by atoms with Crippen LogP contribution in [0.3, 0.4) is 0 Å². The number of hydrogen-bond donors (Lipinski definition) is 2. The lowest BCUT2D eigenvalue weighted by atomic mass is 10.0. The number of ether oxygens (including phenoxy) is 1. The molecule has 0 heterocycles. The molecular formula is C52H91NO5. The van der Waals surface area contributed by atoms with Crippen LogP contribution < -0.4 is 5.32 Å². The number of aliphatic carboxylic acids is 1. The van der Waals surface area contributed by atoms with Crippen LogP contribution in [0.5, 0.6) is 0 Å². The lowest BCUT2D eigenvalue weighted by Crippen LogP contribution is -2.28. The van der Waals surface area contributed by atoms with Gasteiger partial charge in [0.2, 0.25) is 5.91 Å². The Hall–Kier alpha value is -2.89. The number of carboxylic acids is 1. The average molecular weight is 810 g/mol. The van der Waals surface area contributed by atoms with Crippen LogP contribution in [0.1, 0.15) is 239 Å². The quantitative estimate of drug-likeness (QED) is 0.0363. The van der Waals surface area contributed by atoms with Gasteiger partial charge in [0.15, 0.2) is 0 Å². The minimum atomic E-state index is -1.02. The van der Waals surface area contributed by atoms with Crippen LogP contribution in [0.2, 0.25) is 0 Å². The Morgan fingerprint density at radius 2 is 0.793 bits per heavy atom. The Morgan fingerprint density at radius 3 is 1.22 bits per heavy atom. The summed E-state index contributed by atoms with van der Waals surface area (Å²) in [5.41, 5.74) is 0. The molecule has 0 bridgehead atoms. The van der Waals surface area contributed by atoms with Crippen molar-refractivity contribution in [2.75, 3.05) is 6.54 Å². The molecule has 0 radical (unpaired) electrons. The van der Waals surface area contributed by atoms with Gasteiger partial charge in [-0.3, -0.25) is 14.4 Å². The predicted molar refractivity (Wildman–Crippen MR) is 249 cm³/mol. The van der Waals surface area contributed by atoms with Crippen LogP contribution in [-0.2, 0) is 19.1 Å². The van der Waals surface area contributed by atoms with E-state index in [0.29, 0.717) is 12.8 Å². The maximum Gasteiger partial charge on any atom is 0.322 e. The molecule has 0 aliphatic rings. The van der Waals surface area contributed by atoms with Gasteiger partial charge in [0.25, 0.3) is 0 Å².